The summed E-state index contributed by atoms with van der Waals surface area (Å²) in [4.78, 5) is 7.14. The molecule has 1 aromatic carbocycles. The summed E-state index contributed by atoms with van der Waals surface area (Å²) in [5.41, 5.74) is 2.24. The maximum Gasteiger partial charge on any atom is 0.107 e. The van der Waals surface area contributed by atoms with Gasteiger partial charge in [-0.2, -0.15) is 0 Å². The lowest BCUT2D eigenvalue weighted by Crippen LogP contribution is -2.46. The van der Waals surface area contributed by atoms with Crippen molar-refractivity contribution in [2.75, 3.05) is 32.8 Å². The van der Waals surface area contributed by atoms with Gasteiger partial charge < -0.3 is 10.1 Å². The Morgan fingerprint density at radius 1 is 1.36 bits per heavy atom. The Labute approximate surface area is 136 Å². The van der Waals surface area contributed by atoms with Gasteiger partial charge in [-0.05, 0) is 6.54 Å². The van der Waals surface area contributed by atoms with Crippen molar-refractivity contribution in [3.8, 4) is 11.3 Å². The summed E-state index contributed by atoms with van der Waals surface area (Å²) in [5.74, 6) is 0. The molecule has 0 saturated carbocycles. The molecule has 0 amide bonds. The molecule has 3 rings (SSSR count). The van der Waals surface area contributed by atoms with Gasteiger partial charge >= 0.3 is 0 Å². The molecule has 0 bridgehead atoms. The molecule has 0 spiro atoms. The SMILES string of the molecule is CCN1CCO[C@H](CNCc2nc(-c3ccccc3)cs2)C1. The third kappa shape index (κ3) is 4.14. The molecule has 118 valence electrons. The second-order valence-corrected chi connectivity index (χ2v) is 6.45. The summed E-state index contributed by atoms with van der Waals surface area (Å²) in [7, 11) is 0. The van der Waals surface area contributed by atoms with Gasteiger partial charge in [0.15, 0.2) is 0 Å². The summed E-state index contributed by atoms with van der Waals surface area (Å²) in [5, 5.41) is 6.73. The summed E-state index contributed by atoms with van der Waals surface area (Å²) in [6.45, 7) is 7.93. The molecule has 4 nitrogen and oxygen atoms in total. The number of hydrogen-bond acceptors (Lipinski definition) is 5. The Hall–Kier alpha value is -1.27. The molecule has 1 fully saturated rings. The zero-order valence-electron chi connectivity index (χ0n) is 13.0. The zero-order valence-corrected chi connectivity index (χ0v) is 13.8. The molecule has 2 heterocycles. The molecular weight excluding hydrogens is 294 g/mol. The van der Waals surface area contributed by atoms with Gasteiger partial charge in [0.1, 0.15) is 5.01 Å². The molecule has 1 aliphatic rings. The van der Waals surface area contributed by atoms with Gasteiger partial charge in [0, 0.05) is 37.1 Å². The average Bonchev–Trinajstić information content (AvgIpc) is 3.05. The molecule has 1 aromatic heterocycles. The lowest BCUT2D eigenvalue weighted by molar-refractivity contribution is -0.0253. The van der Waals surface area contributed by atoms with Crippen molar-refractivity contribution >= 4 is 11.3 Å². The number of ether oxygens (including phenoxy) is 1. The predicted molar refractivity (Wildman–Crippen MR) is 91.1 cm³/mol. The van der Waals surface area contributed by atoms with Crippen LogP contribution in [0.2, 0.25) is 0 Å². The molecular formula is C17H23N3OS. The minimum Gasteiger partial charge on any atom is -0.374 e. The van der Waals surface area contributed by atoms with Crippen LogP contribution in [-0.2, 0) is 11.3 Å². The van der Waals surface area contributed by atoms with Crippen molar-refractivity contribution < 1.29 is 4.74 Å². The largest absolute Gasteiger partial charge is 0.374 e. The summed E-state index contributed by atoms with van der Waals surface area (Å²) < 4.78 is 5.80. The standard InChI is InChI=1S/C17H23N3OS/c1-2-20-8-9-21-15(12-20)10-18-11-17-19-16(13-22-17)14-6-4-3-5-7-14/h3-7,13,15,18H,2,8-12H2,1H3/t15-/m1/s1. The maximum absolute atomic E-state index is 5.80. The molecule has 1 saturated heterocycles. The van der Waals surface area contributed by atoms with Crippen molar-refractivity contribution in [3.63, 3.8) is 0 Å². The van der Waals surface area contributed by atoms with Gasteiger partial charge in [-0.15, -0.1) is 11.3 Å². The predicted octanol–water partition coefficient (Wildman–Crippen LogP) is 2.62. The van der Waals surface area contributed by atoms with E-state index < -0.39 is 0 Å². The van der Waals surface area contributed by atoms with Crippen molar-refractivity contribution in [2.24, 2.45) is 0 Å². The molecule has 2 aromatic rings. The quantitative estimate of drug-likeness (QED) is 0.889. The zero-order chi connectivity index (χ0) is 15.2. The number of nitrogens with one attached hydrogen (secondary N) is 1. The van der Waals surface area contributed by atoms with Crippen LogP contribution in [0.15, 0.2) is 35.7 Å². The molecule has 0 aliphatic carbocycles. The normalized spacial score (nSPS) is 19.4. The molecule has 0 unspecified atom stereocenters. The van der Waals surface area contributed by atoms with E-state index in [1.807, 2.05) is 18.2 Å². The Morgan fingerprint density at radius 2 is 2.23 bits per heavy atom. The second kappa shape index (κ2) is 7.83. The Kier molecular flexibility index (Phi) is 5.56. The first kappa shape index (κ1) is 15.6. The molecule has 5 heteroatoms. The number of rotatable bonds is 6. The minimum absolute atomic E-state index is 0.294. The first-order valence-corrected chi connectivity index (χ1v) is 8.77. The number of benzene rings is 1. The number of likely N-dealkylation sites (N-methyl/N-ethyl adjacent to an activating group) is 1. The van der Waals surface area contributed by atoms with Gasteiger partial charge in [0.2, 0.25) is 0 Å². The summed E-state index contributed by atoms with van der Waals surface area (Å²) in [6.07, 6.45) is 0.294. The molecule has 1 aliphatic heterocycles. The van der Waals surface area contributed by atoms with E-state index in [1.165, 1.54) is 5.56 Å². The molecule has 22 heavy (non-hydrogen) atoms. The van der Waals surface area contributed by atoms with Crippen molar-refractivity contribution in [1.29, 1.82) is 0 Å². The number of aromatic nitrogens is 1. The number of nitrogens with zero attached hydrogens (tertiary/aromatic N) is 2. The Bertz CT molecular complexity index is 572. The van der Waals surface area contributed by atoms with E-state index in [0.29, 0.717) is 6.10 Å². The summed E-state index contributed by atoms with van der Waals surface area (Å²) >= 11 is 1.71. The third-order valence-corrected chi connectivity index (χ3v) is 4.79. The average molecular weight is 317 g/mol. The van der Waals surface area contributed by atoms with Crippen molar-refractivity contribution in [3.05, 3.63) is 40.7 Å². The lowest BCUT2D eigenvalue weighted by Gasteiger charge is -2.32. The van der Waals surface area contributed by atoms with Crippen LogP contribution in [0, 0.1) is 0 Å². The number of morpholine rings is 1. The first-order valence-electron chi connectivity index (χ1n) is 7.89. The smallest absolute Gasteiger partial charge is 0.107 e. The highest BCUT2D eigenvalue weighted by Gasteiger charge is 2.18. The van der Waals surface area contributed by atoms with Gasteiger partial charge in [-0.1, -0.05) is 37.3 Å². The molecule has 1 atom stereocenters. The van der Waals surface area contributed by atoms with E-state index in [1.54, 1.807) is 11.3 Å². The molecule has 1 N–H and O–H groups in total. The van der Waals surface area contributed by atoms with E-state index in [4.69, 9.17) is 9.72 Å². The maximum atomic E-state index is 5.80. The van der Waals surface area contributed by atoms with Crippen LogP contribution in [-0.4, -0.2) is 48.8 Å². The van der Waals surface area contributed by atoms with Gasteiger partial charge in [0.25, 0.3) is 0 Å². The van der Waals surface area contributed by atoms with E-state index in [-0.39, 0.29) is 0 Å². The van der Waals surface area contributed by atoms with E-state index in [9.17, 15) is 0 Å². The van der Waals surface area contributed by atoms with E-state index in [0.717, 1.165) is 50.0 Å². The summed E-state index contributed by atoms with van der Waals surface area (Å²) in [6, 6.07) is 10.3. The number of hydrogen-bond donors (Lipinski definition) is 1. The fourth-order valence-electron chi connectivity index (χ4n) is 2.66. The molecule has 0 radical (unpaired) electrons. The van der Waals surface area contributed by atoms with Crippen LogP contribution in [0.4, 0.5) is 0 Å². The van der Waals surface area contributed by atoms with Crippen LogP contribution in [0.1, 0.15) is 11.9 Å². The van der Waals surface area contributed by atoms with Gasteiger partial charge in [-0.25, -0.2) is 4.98 Å². The highest BCUT2D eigenvalue weighted by molar-refractivity contribution is 7.09. The van der Waals surface area contributed by atoms with E-state index in [2.05, 4.69) is 34.7 Å². The highest BCUT2D eigenvalue weighted by atomic mass is 32.1. The Morgan fingerprint density at radius 3 is 3.05 bits per heavy atom. The van der Waals surface area contributed by atoms with Crippen LogP contribution in [0.3, 0.4) is 0 Å². The van der Waals surface area contributed by atoms with Gasteiger partial charge in [0.05, 0.1) is 18.4 Å². The van der Waals surface area contributed by atoms with Gasteiger partial charge in [-0.3, -0.25) is 4.90 Å². The third-order valence-electron chi connectivity index (χ3n) is 3.94. The lowest BCUT2D eigenvalue weighted by atomic mass is 10.2. The Balaban J connectivity index is 1.47. The van der Waals surface area contributed by atoms with Crippen LogP contribution >= 0.6 is 11.3 Å². The van der Waals surface area contributed by atoms with Crippen molar-refractivity contribution in [1.82, 2.24) is 15.2 Å². The second-order valence-electron chi connectivity index (χ2n) is 5.51. The highest BCUT2D eigenvalue weighted by Crippen LogP contribution is 2.21. The van der Waals surface area contributed by atoms with Crippen LogP contribution < -0.4 is 5.32 Å². The monoisotopic (exact) mass is 317 g/mol. The van der Waals surface area contributed by atoms with Crippen LogP contribution in [0.25, 0.3) is 11.3 Å². The fraction of sp³-hybridized carbons (Fsp3) is 0.471. The fourth-order valence-corrected chi connectivity index (χ4v) is 3.44. The van der Waals surface area contributed by atoms with E-state index >= 15 is 0 Å². The van der Waals surface area contributed by atoms with Crippen LogP contribution in [0.5, 0.6) is 0 Å². The number of thiazole rings is 1. The minimum atomic E-state index is 0.294. The van der Waals surface area contributed by atoms with Crippen molar-refractivity contribution in [2.45, 2.75) is 19.6 Å². The first-order chi connectivity index (χ1) is 10.8. The topological polar surface area (TPSA) is 37.4 Å².